The number of carbonyl (C=O) groups excluding carboxylic acids is 3. The Bertz CT molecular complexity index is 2340. The van der Waals surface area contributed by atoms with Crippen LogP contribution in [0.25, 0.3) is 22.0 Å². The molecule has 3 amide bonds. The molecule has 1 saturated heterocycles. The predicted molar refractivity (Wildman–Crippen MR) is 206 cm³/mol. The first-order valence-electron chi connectivity index (χ1n) is 19.4. The number of aromatic nitrogens is 2. The lowest BCUT2D eigenvalue weighted by Crippen LogP contribution is -2.58. The van der Waals surface area contributed by atoms with Crippen molar-refractivity contribution in [1.29, 1.82) is 0 Å². The molecule has 9 rings (SSSR count). The van der Waals surface area contributed by atoms with Crippen LogP contribution in [0.2, 0.25) is 0 Å². The van der Waals surface area contributed by atoms with Gasteiger partial charge in [-0.15, -0.1) is 0 Å². The van der Waals surface area contributed by atoms with Gasteiger partial charge in [0.15, 0.2) is 5.58 Å². The Balaban J connectivity index is 1.07. The number of pyridine rings is 1. The number of sulfonamides is 1. The number of ether oxygens (including phenoxy) is 1. The number of aryl methyl sites for hydroxylation is 2. The van der Waals surface area contributed by atoms with E-state index in [1.807, 2.05) is 67.6 Å². The van der Waals surface area contributed by atoms with Gasteiger partial charge in [0.1, 0.15) is 34.5 Å². The minimum absolute atomic E-state index is 0.136. The molecule has 5 atom stereocenters. The van der Waals surface area contributed by atoms with Crippen molar-refractivity contribution in [2.45, 2.75) is 112 Å². The van der Waals surface area contributed by atoms with E-state index >= 15 is 0 Å². The summed E-state index contributed by atoms with van der Waals surface area (Å²) in [4.78, 5) is 54.6. The number of para-hydroxylation sites is 3. The zero-order valence-corrected chi connectivity index (χ0v) is 31.9. The molecule has 3 aliphatic heterocycles. The molecule has 2 saturated carbocycles. The lowest BCUT2D eigenvalue weighted by molar-refractivity contribution is -0.140. The minimum Gasteiger partial charge on any atom is -0.483 e. The number of rotatable bonds is 5. The van der Waals surface area contributed by atoms with Gasteiger partial charge in [-0.1, -0.05) is 55.3 Å². The lowest BCUT2D eigenvalue weighted by Gasteiger charge is -2.36. The predicted octanol–water partition coefficient (Wildman–Crippen LogP) is 5.22. The highest BCUT2D eigenvalue weighted by Gasteiger charge is 2.64. The topological polar surface area (TPSA) is 173 Å². The van der Waals surface area contributed by atoms with Crippen molar-refractivity contribution in [3.8, 4) is 5.75 Å². The van der Waals surface area contributed by atoms with Gasteiger partial charge in [0, 0.05) is 23.3 Å². The number of benzene rings is 2. The number of oxazole rings is 1. The molecule has 3 N–H and O–H groups in total. The molecule has 5 heterocycles. The van der Waals surface area contributed by atoms with Crippen molar-refractivity contribution in [3.63, 3.8) is 0 Å². The number of carbonyl (C=O) groups is 3. The molecule has 2 aromatic carbocycles. The molecule has 14 heteroatoms. The third-order valence-corrected chi connectivity index (χ3v) is 14.6. The Morgan fingerprint density at radius 3 is 2.56 bits per heavy atom. The fourth-order valence-corrected chi connectivity index (χ4v) is 10.0. The largest absolute Gasteiger partial charge is 0.483 e. The Labute approximate surface area is 319 Å². The molecule has 0 radical (unpaired) electrons. The van der Waals surface area contributed by atoms with Gasteiger partial charge in [-0.2, -0.15) is 4.98 Å². The number of fused-ring (bicyclic) bond motifs is 6. The number of nitrogens with zero attached hydrogens (tertiary/aromatic N) is 3. The van der Waals surface area contributed by atoms with Gasteiger partial charge >= 0.3 is 0 Å². The molecule has 4 aromatic rings. The second kappa shape index (κ2) is 13.1. The van der Waals surface area contributed by atoms with Crippen molar-refractivity contribution in [3.05, 3.63) is 71.9 Å². The van der Waals surface area contributed by atoms with Gasteiger partial charge in [-0.3, -0.25) is 19.1 Å². The Kier molecular flexibility index (Phi) is 8.48. The van der Waals surface area contributed by atoms with Gasteiger partial charge in [-0.05, 0) is 83.4 Å². The summed E-state index contributed by atoms with van der Waals surface area (Å²) in [6.45, 7) is 3.67. The molecule has 0 bridgehead atoms. The van der Waals surface area contributed by atoms with E-state index in [-0.39, 0.29) is 31.3 Å². The maximum Gasteiger partial charge on any atom is 0.296 e. The van der Waals surface area contributed by atoms with Crippen molar-refractivity contribution >= 4 is 55.8 Å². The van der Waals surface area contributed by atoms with Crippen LogP contribution in [0.3, 0.4) is 0 Å². The number of hydrogen-bond donors (Lipinski definition) is 3. The second-order valence-electron chi connectivity index (χ2n) is 16.4. The van der Waals surface area contributed by atoms with Gasteiger partial charge in [0.05, 0.1) is 22.5 Å². The fraction of sp³-hybridized carbons (Fsp3) is 0.488. The third kappa shape index (κ3) is 6.31. The summed E-state index contributed by atoms with van der Waals surface area (Å²) in [5, 5.41) is 7.28. The Hall–Kier alpha value is -4.98. The summed E-state index contributed by atoms with van der Waals surface area (Å²) in [5.41, 5.74) is 1.54. The molecule has 0 unspecified atom stereocenters. The van der Waals surface area contributed by atoms with E-state index < -0.39 is 55.7 Å². The van der Waals surface area contributed by atoms with E-state index in [1.54, 1.807) is 11.8 Å². The summed E-state index contributed by atoms with van der Waals surface area (Å²) in [6, 6.07) is 13.8. The monoisotopic (exact) mass is 766 g/mol. The summed E-state index contributed by atoms with van der Waals surface area (Å²) in [5.74, 6) is -1.29. The minimum atomic E-state index is -3.96. The summed E-state index contributed by atoms with van der Waals surface area (Å²) in [7, 11) is -3.96. The normalized spacial score (nSPS) is 29.0. The van der Waals surface area contributed by atoms with Crippen LogP contribution in [0, 0.1) is 12.8 Å². The average molecular weight is 767 g/mol. The van der Waals surface area contributed by atoms with Crippen molar-refractivity contribution < 1.29 is 32.0 Å². The van der Waals surface area contributed by atoms with Crippen molar-refractivity contribution in [2.24, 2.45) is 5.92 Å². The first-order valence-corrected chi connectivity index (χ1v) is 20.9. The molecule has 2 aliphatic carbocycles. The van der Waals surface area contributed by atoms with E-state index in [0.29, 0.717) is 49.0 Å². The summed E-state index contributed by atoms with van der Waals surface area (Å²) >= 11 is 0. The molecule has 5 aliphatic rings. The van der Waals surface area contributed by atoms with Crippen LogP contribution in [0.1, 0.15) is 82.4 Å². The lowest BCUT2D eigenvalue weighted by atomic mass is 9.87. The van der Waals surface area contributed by atoms with E-state index in [9.17, 15) is 22.8 Å². The highest BCUT2D eigenvalue weighted by molar-refractivity contribution is 7.91. The van der Waals surface area contributed by atoms with Crippen LogP contribution in [-0.4, -0.2) is 75.5 Å². The van der Waals surface area contributed by atoms with Gasteiger partial charge in [0.25, 0.3) is 11.9 Å². The number of amides is 3. The van der Waals surface area contributed by atoms with Crippen LogP contribution in [-0.2, 0) is 30.8 Å². The van der Waals surface area contributed by atoms with E-state index in [0.717, 1.165) is 47.8 Å². The number of hydrogen-bond acceptors (Lipinski definition) is 10. The molecule has 13 nitrogen and oxygen atoms in total. The van der Waals surface area contributed by atoms with Gasteiger partial charge < -0.3 is 24.7 Å². The molecule has 2 aromatic heterocycles. The first-order chi connectivity index (χ1) is 26.4. The maximum absolute atomic E-state index is 14.9. The number of nitrogens with one attached hydrogen (secondary N) is 3. The van der Waals surface area contributed by atoms with E-state index in [1.165, 1.54) is 0 Å². The molecule has 288 valence electrons. The van der Waals surface area contributed by atoms with E-state index in [4.69, 9.17) is 14.1 Å². The Morgan fingerprint density at radius 2 is 1.76 bits per heavy atom. The zero-order valence-electron chi connectivity index (χ0n) is 31.1. The standard InChI is InChI=1S/C41H46N6O7S/c1-25-34-28(27-13-8-9-14-29(27)42-25)18-19-40(54-34)23-32-35(48)45-41(37(50)46-55(51,52)39(2)20-21-39)22-26(41)12-6-4-3-5-7-16-31(36(49)47(32)24-40)44-38-43-30-15-10-11-17-33(30)53-38/h6,8-15,17,26,31-32H,3-5,7,16,18-24H2,1-2H3,(H,43,44)(H,45,48)(H,46,50)/t26-,31+,32+,40-,41-/m1/s1. The number of anilines is 1. The van der Waals surface area contributed by atoms with Crippen LogP contribution in [0.5, 0.6) is 5.75 Å². The second-order valence-corrected chi connectivity index (χ2v) is 18.6. The molecule has 3 fully saturated rings. The molecule has 55 heavy (non-hydrogen) atoms. The SMILES string of the molecule is Cc1nc2ccccc2c2c1O[C@]1(CC2)C[C@H]2C(=O)N[C@]3(C(=O)NS(=O)(=O)C4(C)CC4)C[C@H]3C=CCCCCC[C@H](Nc3nc4ccccc4o3)C(=O)N2C1. The summed E-state index contributed by atoms with van der Waals surface area (Å²) < 4.78 is 40.7. The van der Waals surface area contributed by atoms with Crippen molar-refractivity contribution in [1.82, 2.24) is 24.9 Å². The quantitative estimate of drug-likeness (QED) is 0.229. The fourth-order valence-electron chi connectivity index (χ4n) is 8.73. The van der Waals surface area contributed by atoms with E-state index in [2.05, 4.69) is 20.3 Å². The first kappa shape index (κ1) is 35.7. The average Bonchev–Trinajstić information content (AvgIpc) is 3.99. The maximum atomic E-state index is 14.9. The van der Waals surface area contributed by atoms with Crippen LogP contribution in [0.4, 0.5) is 6.01 Å². The van der Waals surface area contributed by atoms with Crippen LogP contribution >= 0.6 is 0 Å². The highest BCUT2D eigenvalue weighted by atomic mass is 32.2. The molecule has 1 spiro atoms. The van der Waals surface area contributed by atoms with Crippen LogP contribution in [0.15, 0.2) is 65.1 Å². The van der Waals surface area contributed by atoms with Gasteiger partial charge in [0.2, 0.25) is 21.8 Å². The van der Waals surface area contributed by atoms with Crippen LogP contribution < -0.4 is 20.1 Å². The number of allylic oxidation sites excluding steroid dienone is 1. The van der Waals surface area contributed by atoms with Crippen molar-refractivity contribution in [2.75, 3.05) is 11.9 Å². The molecular formula is C41H46N6O7S. The third-order valence-electron chi connectivity index (χ3n) is 12.5. The molecular weight excluding hydrogens is 721 g/mol. The highest BCUT2D eigenvalue weighted by Crippen LogP contribution is 2.49. The summed E-state index contributed by atoms with van der Waals surface area (Å²) in [6.07, 6.45) is 10.2. The zero-order chi connectivity index (χ0) is 38.2. The van der Waals surface area contributed by atoms with Gasteiger partial charge in [-0.25, -0.2) is 13.4 Å². The smallest absolute Gasteiger partial charge is 0.296 e. The Morgan fingerprint density at radius 1 is 0.982 bits per heavy atom.